The van der Waals surface area contributed by atoms with Crippen molar-refractivity contribution in [3.63, 3.8) is 0 Å². The number of allylic oxidation sites excluding steroid dienone is 1. The molecule has 9 aromatic rings. The first kappa shape index (κ1) is 27.2. The Kier molecular flexibility index (Phi) is 6.14. The lowest BCUT2D eigenvalue weighted by Gasteiger charge is -2.19. The normalized spacial score (nSPS) is 14.3. The van der Waals surface area contributed by atoms with Crippen LogP contribution in [0.1, 0.15) is 28.6 Å². The van der Waals surface area contributed by atoms with E-state index in [4.69, 9.17) is 19.4 Å². The van der Waals surface area contributed by atoms with E-state index in [1.165, 1.54) is 31.3 Å². The van der Waals surface area contributed by atoms with Crippen LogP contribution >= 0.6 is 11.3 Å². The molecule has 1 aliphatic carbocycles. The summed E-state index contributed by atoms with van der Waals surface area (Å²) in [5.74, 6) is 2.11. The molecule has 3 heterocycles. The summed E-state index contributed by atoms with van der Waals surface area (Å²) in [6, 6.07) is 46.5. The molecule has 0 saturated carbocycles. The molecule has 1 atom stereocenters. The van der Waals surface area contributed by atoms with Crippen molar-refractivity contribution in [1.82, 2.24) is 15.0 Å². The number of rotatable bonds is 4. The fraction of sp³-hybridized carbons (Fsp3) is 0.0465. The molecule has 0 saturated heterocycles. The molecule has 0 spiro atoms. The van der Waals surface area contributed by atoms with Gasteiger partial charge < -0.3 is 4.42 Å². The van der Waals surface area contributed by atoms with E-state index < -0.39 is 0 Å². The Morgan fingerprint density at radius 2 is 1.38 bits per heavy atom. The van der Waals surface area contributed by atoms with Gasteiger partial charge in [-0.25, -0.2) is 15.0 Å². The van der Waals surface area contributed by atoms with Crippen LogP contribution < -0.4 is 0 Å². The van der Waals surface area contributed by atoms with Gasteiger partial charge in [0.05, 0.1) is 5.92 Å². The SMILES string of the molecule is C1=Cc2c(sc3ccccc23)C(c2nc(-c3ccccc3)nc(-c3c(-c4ccc5ccccc5c4)ccc4oc5ccccc5c34)n2)C1. The van der Waals surface area contributed by atoms with Crippen LogP contribution in [-0.4, -0.2) is 15.0 Å². The predicted octanol–water partition coefficient (Wildman–Crippen LogP) is 11.7. The molecule has 0 bridgehead atoms. The van der Waals surface area contributed by atoms with Crippen LogP contribution in [0.4, 0.5) is 0 Å². The van der Waals surface area contributed by atoms with Crippen molar-refractivity contribution < 1.29 is 4.42 Å². The van der Waals surface area contributed by atoms with Crippen molar-refractivity contribution in [2.24, 2.45) is 0 Å². The number of fused-ring (bicyclic) bond motifs is 7. The number of benzene rings is 6. The maximum absolute atomic E-state index is 6.44. The van der Waals surface area contributed by atoms with Crippen LogP contribution in [0.5, 0.6) is 0 Å². The van der Waals surface area contributed by atoms with Gasteiger partial charge in [0, 0.05) is 31.5 Å². The lowest BCUT2D eigenvalue weighted by atomic mass is 9.91. The summed E-state index contributed by atoms with van der Waals surface area (Å²) in [5.41, 5.74) is 7.00. The third-order valence-electron chi connectivity index (χ3n) is 9.46. The van der Waals surface area contributed by atoms with E-state index in [0.717, 1.165) is 56.4 Å². The van der Waals surface area contributed by atoms with E-state index in [9.17, 15) is 0 Å². The zero-order valence-corrected chi connectivity index (χ0v) is 26.6. The van der Waals surface area contributed by atoms with Crippen molar-refractivity contribution in [2.45, 2.75) is 12.3 Å². The first-order valence-electron chi connectivity index (χ1n) is 16.2. The number of hydrogen-bond donors (Lipinski definition) is 0. The number of para-hydroxylation sites is 1. The van der Waals surface area contributed by atoms with E-state index in [1.807, 2.05) is 41.7 Å². The van der Waals surface area contributed by atoms with Gasteiger partial charge >= 0.3 is 0 Å². The van der Waals surface area contributed by atoms with Crippen LogP contribution in [0.3, 0.4) is 0 Å². The molecule has 0 fully saturated rings. The third-order valence-corrected chi connectivity index (χ3v) is 10.8. The van der Waals surface area contributed by atoms with Crippen molar-refractivity contribution in [2.75, 3.05) is 0 Å². The first-order valence-corrected chi connectivity index (χ1v) is 17.0. The minimum absolute atomic E-state index is 0.0102. The van der Waals surface area contributed by atoms with Gasteiger partial charge in [0.2, 0.25) is 0 Å². The largest absolute Gasteiger partial charge is 0.456 e. The summed E-state index contributed by atoms with van der Waals surface area (Å²) >= 11 is 1.85. The summed E-state index contributed by atoms with van der Waals surface area (Å²) in [4.78, 5) is 17.2. The second-order valence-electron chi connectivity index (χ2n) is 12.3. The molecule has 3 aromatic heterocycles. The predicted molar refractivity (Wildman–Crippen MR) is 198 cm³/mol. The molecule has 5 heteroatoms. The number of thiophene rings is 1. The Bertz CT molecular complexity index is 2720. The first-order chi connectivity index (χ1) is 23.8. The third kappa shape index (κ3) is 4.32. The van der Waals surface area contributed by atoms with Crippen molar-refractivity contribution in [3.8, 4) is 33.9 Å². The Balaban J connectivity index is 1.28. The summed E-state index contributed by atoms with van der Waals surface area (Å²) < 4.78 is 7.72. The maximum atomic E-state index is 6.44. The highest BCUT2D eigenvalue weighted by Crippen LogP contribution is 2.46. The van der Waals surface area contributed by atoms with Gasteiger partial charge in [-0.05, 0) is 69.6 Å². The molecule has 6 aromatic carbocycles. The van der Waals surface area contributed by atoms with Gasteiger partial charge in [0.15, 0.2) is 11.6 Å². The fourth-order valence-corrected chi connectivity index (χ4v) is 8.49. The Morgan fingerprint density at radius 1 is 0.604 bits per heavy atom. The molecule has 1 aliphatic rings. The highest BCUT2D eigenvalue weighted by molar-refractivity contribution is 7.19. The molecular weight excluding hydrogens is 607 g/mol. The minimum Gasteiger partial charge on any atom is -0.456 e. The monoisotopic (exact) mass is 633 g/mol. The molecular formula is C43H27N3OS. The van der Waals surface area contributed by atoms with Crippen molar-refractivity contribution in [3.05, 3.63) is 156 Å². The number of furan rings is 1. The second-order valence-corrected chi connectivity index (χ2v) is 13.4. The van der Waals surface area contributed by atoms with E-state index in [0.29, 0.717) is 11.6 Å². The molecule has 48 heavy (non-hydrogen) atoms. The lowest BCUT2D eigenvalue weighted by Crippen LogP contribution is -2.11. The number of nitrogens with zero attached hydrogens (tertiary/aromatic N) is 3. The van der Waals surface area contributed by atoms with Crippen LogP contribution in [0.2, 0.25) is 0 Å². The Hall–Kier alpha value is -5.91. The molecule has 0 amide bonds. The maximum Gasteiger partial charge on any atom is 0.165 e. The number of hydrogen-bond acceptors (Lipinski definition) is 5. The molecule has 10 rings (SSSR count). The molecule has 1 unspecified atom stereocenters. The summed E-state index contributed by atoms with van der Waals surface area (Å²) in [7, 11) is 0. The van der Waals surface area contributed by atoms with Crippen molar-refractivity contribution >= 4 is 60.2 Å². The molecule has 0 aliphatic heterocycles. The standard InChI is InChI=1S/C43H27N3OS/c1-2-12-27(13-3-1)41-44-42(34-18-10-17-32-31-15-7-9-20-37(31)48-40(32)34)46-43(45-41)39-30(29-22-21-26-11-4-5-14-28(26)25-29)23-24-36-38(39)33-16-6-8-19-35(33)47-36/h1-17,19-25,34H,18H2. The van der Waals surface area contributed by atoms with Gasteiger partial charge in [-0.1, -0.05) is 115 Å². The van der Waals surface area contributed by atoms with Crippen LogP contribution in [0.25, 0.3) is 82.8 Å². The average Bonchev–Trinajstić information content (AvgIpc) is 3.73. The highest BCUT2D eigenvalue weighted by atomic mass is 32.1. The van der Waals surface area contributed by atoms with E-state index in [1.54, 1.807) is 0 Å². The topological polar surface area (TPSA) is 51.8 Å². The Labute approximate surface area is 280 Å². The summed E-state index contributed by atoms with van der Waals surface area (Å²) in [5, 5.41) is 5.73. The fourth-order valence-electron chi connectivity index (χ4n) is 7.19. The quantitative estimate of drug-likeness (QED) is 0.193. The zero-order chi connectivity index (χ0) is 31.6. The summed E-state index contributed by atoms with van der Waals surface area (Å²) in [6.07, 6.45) is 5.36. The average molecular weight is 634 g/mol. The number of aromatic nitrogens is 3. The Morgan fingerprint density at radius 3 is 2.29 bits per heavy atom. The molecule has 4 nitrogen and oxygen atoms in total. The van der Waals surface area contributed by atoms with E-state index >= 15 is 0 Å². The van der Waals surface area contributed by atoms with Crippen molar-refractivity contribution in [1.29, 1.82) is 0 Å². The second kappa shape index (κ2) is 10.8. The zero-order valence-electron chi connectivity index (χ0n) is 25.8. The molecule has 0 radical (unpaired) electrons. The van der Waals surface area contributed by atoms with Gasteiger partial charge in [0.1, 0.15) is 17.0 Å². The van der Waals surface area contributed by atoms with Gasteiger partial charge in [-0.15, -0.1) is 11.3 Å². The van der Waals surface area contributed by atoms with Gasteiger partial charge in [0.25, 0.3) is 0 Å². The molecule has 226 valence electrons. The van der Waals surface area contributed by atoms with E-state index in [2.05, 4.69) is 115 Å². The van der Waals surface area contributed by atoms with E-state index in [-0.39, 0.29) is 5.92 Å². The van der Waals surface area contributed by atoms with Crippen LogP contribution in [0, 0.1) is 0 Å². The lowest BCUT2D eigenvalue weighted by molar-refractivity contribution is 0.669. The highest BCUT2D eigenvalue weighted by Gasteiger charge is 2.28. The molecule has 0 N–H and O–H groups in total. The van der Waals surface area contributed by atoms with Crippen LogP contribution in [-0.2, 0) is 0 Å². The van der Waals surface area contributed by atoms with Gasteiger partial charge in [-0.3, -0.25) is 0 Å². The smallest absolute Gasteiger partial charge is 0.165 e. The summed E-state index contributed by atoms with van der Waals surface area (Å²) in [6.45, 7) is 0. The van der Waals surface area contributed by atoms with Gasteiger partial charge in [-0.2, -0.15) is 0 Å². The minimum atomic E-state index is 0.0102. The van der Waals surface area contributed by atoms with Crippen LogP contribution in [0.15, 0.2) is 144 Å².